The molecule has 1 fully saturated rings. The Labute approximate surface area is 126 Å². The number of hydrogen-bond acceptors (Lipinski definition) is 3. The summed E-state index contributed by atoms with van der Waals surface area (Å²) in [7, 11) is 0. The first-order valence-electron chi connectivity index (χ1n) is 7.45. The molecular formula is C16H24ClNO2. The molecule has 3 nitrogen and oxygen atoms in total. The van der Waals surface area contributed by atoms with Gasteiger partial charge in [0.05, 0.1) is 29.5 Å². The standard InChI is InChI=1S/C16H24ClNO2/c1-12-7-8-16(15(17)9-12)18-10-13(19)11-20-14-5-3-2-4-6-14/h7-9,13-14,18-19H,2-6,10-11H2,1H3. The van der Waals surface area contributed by atoms with Crippen LogP contribution in [0.25, 0.3) is 0 Å². The molecule has 1 aromatic carbocycles. The van der Waals surface area contributed by atoms with Gasteiger partial charge in [-0.25, -0.2) is 0 Å². The summed E-state index contributed by atoms with van der Waals surface area (Å²) in [6.45, 7) is 2.85. The summed E-state index contributed by atoms with van der Waals surface area (Å²) in [6.07, 6.45) is 5.90. The summed E-state index contributed by atoms with van der Waals surface area (Å²) in [5.74, 6) is 0. The molecule has 112 valence electrons. The van der Waals surface area contributed by atoms with Crippen LogP contribution in [0.2, 0.25) is 5.02 Å². The van der Waals surface area contributed by atoms with Gasteiger partial charge in [0.2, 0.25) is 0 Å². The highest BCUT2D eigenvalue weighted by atomic mass is 35.5. The normalized spacial score (nSPS) is 17.9. The van der Waals surface area contributed by atoms with Crippen molar-refractivity contribution >= 4 is 17.3 Å². The third kappa shape index (κ3) is 4.97. The topological polar surface area (TPSA) is 41.5 Å². The first-order valence-corrected chi connectivity index (χ1v) is 7.82. The van der Waals surface area contributed by atoms with Crippen molar-refractivity contribution in [3.63, 3.8) is 0 Å². The molecule has 4 heteroatoms. The van der Waals surface area contributed by atoms with Crippen LogP contribution >= 0.6 is 11.6 Å². The van der Waals surface area contributed by atoms with Gasteiger partial charge in [-0.05, 0) is 37.5 Å². The Morgan fingerprint density at radius 2 is 2.10 bits per heavy atom. The van der Waals surface area contributed by atoms with Crippen molar-refractivity contribution in [3.8, 4) is 0 Å². The zero-order valence-electron chi connectivity index (χ0n) is 12.1. The number of anilines is 1. The largest absolute Gasteiger partial charge is 0.389 e. The third-order valence-corrected chi connectivity index (χ3v) is 4.04. The zero-order chi connectivity index (χ0) is 14.4. The lowest BCUT2D eigenvalue weighted by Crippen LogP contribution is -2.28. The van der Waals surface area contributed by atoms with Gasteiger partial charge in [-0.2, -0.15) is 0 Å². The Balaban J connectivity index is 1.70. The van der Waals surface area contributed by atoms with Crippen molar-refractivity contribution < 1.29 is 9.84 Å². The number of halogens is 1. The fourth-order valence-electron chi connectivity index (χ4n) is 2.53. The Kier molecular flexibility index (Phi) is 6.14. The van der Waals surface area contributed by atoms with Crippen LogP contribution in [-0.2, 0) is 4.74 Å². The van der Waals surface area contributed by atoms with Gasteiger partial charge in [0.15, 0.2) is 0 Å². The number of hydrogen-bond donors (Lipinski definition) is 2. The molecule has 1 aliphatic carbocycles. The lowest BCUT2D eigenvalue weighted by molar-refractivity contribution is -0.0195. The van der Waals surface area contributed by atoms with Crippen LogP contribution in [0.3, 0.4) is 0 Å². The number of rotatable bonds is 6. The molecule has 1 aliphatic rings. The molecule has 0 aromatic heterocycles. The first kappa shape index (κ1) is 15.6. The van der Waals surface area contributed by atoms with Gasteiger partial charge < -0.3 is 15.2 Å². The minimum atomic E-state index is -0.505. The number of ether oxygens (including phenoxy) is 1. The molecule has 20 heavy (non-hydrogen) atoms. The van der Waals surface area contributed by atoms with Crippen molar-refractivity contribution in [3.05, 3.63) is 28.8 Å². The van der Waals surface area contributed by atoms with E-state index in [0.29, 0.717) is 24.3 Å². The molecular weight excluding hydrogens is 274 g/mol. The van der Waals surface area contributed by atoms with Crippen molar-refractivity contribution in [1.29, 1.82) is 0 Å². The Bertz CT molecular complexity index is 419. The second kappa shape index (κ2) is 7.87. The predicted molar refractivity (Wildman–Crippen MR) is 83.5 cm³/mol. The van der Waals surface area contributed by atoms with E-state index in [-0.39, 0.29) is 0 Å². The van der Waals surface area contributed by atoms with Crippen molar-refractivity contribution in [2.24, 2.45) is 0 Å². The summed E-state index contributed by atoms with van der Waals surface area (Å²) in [5, 5.41) is 13.8. The zero-order valence-corrected chi connectivity index (χ0v) is 12.8. The maximum Gasteiger partial charge on any atom is 0.0945 e. The highest BCUT2D eigenvalue weighted by molar-refractivity contribution is 6.33. The summed E-state index contributed by atoms with van der Waals surface area (Å²) in [6, 6.07) is 5.85. The van der Waals surface area contributed by atoms with E-state index in [9.17, 15) is 5.11 Å². The molecule has 2 N–H and O–H groups in total. The average Bonchev–Trinajstić information content (AvgIpc) is 2.45. The van der Waals surface area contributed by atoms with E-state index < -0.39 is 6.10 Å². The molecule has 0 aliphatic heterocycles. The Hall–Kier alpha value is -0.770. The van der Waals surface area contributed by atoms with Gasteiger partial charge >= 0.3 is 0 Å². The van der Waals surface area contributed by atoms with Gasteiger partial charge in [-0.15, -0.1) is 0 Å². The molecule has 1 aromatic rings. The minimum Gasteiger partial charge on any atom is -0.389 e. The fraction of sp³-hybridized carbons (Fsp3) is 0.625. The fourth-order valence-corrected chi connectivity index (χ4v) is 2.83. The van der Waals surface area contributed by atoms with E-state index in [1.165, 1.54) is 19.3 Å². The van der Waals surface area contributed by atoms with Crippen LogP contribution < -0.4 is 5.32 Å². The Morgan fingerprint density at radius 3 is 2.80 bits per heavy atom. The smallest absolute Gasteiger partial charge is 0.0945 e. The minimum absolute atomic E-state index is 0.335. The Morgan fingerprint density at radius 1 is 1.35 bits per heavy atom. The molecule has 0 saturated heterocycles. The molecule has 0 amide bonds. The van der Waals surface area contributed by atoms with Crippen LogP contribution in [0.1, 0.15) is 37.7 Å². The van der Waals surface area contributed by atoms with Crippen LogP contribution in [0.15, 0.2) is 18.2 Å². The first-order chi connectivity index (χ1) is 9.65. The SMILES string of the molecule is Cc1ccc(NCC(O)COC2CCCCC2)c(Cl)c1. The summed E-state index contributed by atoms with van der Waals surface area (Å²) in [5.41, 5.74) is 1.98. The van der Waals surface area contributed by atoms with Crippen LogP contribution in [0.4, 0.5) is 5.69 Å². The van der Waals surface area contributed by atoms with Gasteiger partial charge in [0.1, 0.15) is 0 Å². The van der Waals surface area contributed by atoms with Crippen molar-refractivity contribution in [1.82, 2.24) is 0 Å². The van der Waals surface area contributed by atoms with E-state index in [1.807, 2.05) is 25.1 Å². The summed E-state index contributed by atoms with van der Waals surface area (Å²) >= 11 is 6.14. The van der Waals surface area contributed by atoms with Gasteiger partial charge in [0.25, 0.3) is 0 Å². The number of aliphatic hydroxyl groups is 1. The number of nitrogens with one attached hydrogen (secondary N) is 1. The van der Waals surface area contributed by atoms with Gasteiger partial charge in [0, 0.05) is 6.54 Å². The van der Waals surface area contributed by atoms with E-state index in [2.05, 4.69) is 5.32 Å². The van der Waals surface area contributed by atoms with Crippen molar-refractivity contribution in [2.45, 2.75) is 51.2 Å². The highest BCUT2D eigenvalue weighted by Crippen LogP contribution is 2.23. The molecule has 0 heterocycles. The van der Waals surface area contributed by atoms with Crippen molar-refractivity contribution in [2.75, 3.05) is 18.5 Å². The second-order valence-electron chi connectivity index (χ2n) is 5.61. The monoisotopic (exact) mass is 297 g/mol. The number of benzene rings is 1. The maximum absolute atomic E-state index is 9.96. The van der Waals surface area contributed by atoms with Crippen LogP contribution in [0, 0.1) is 6.92 Å². The van der Waals surface area contributed by atoms with Crippen LogP contribution in [-0.4, -0.2) is 30.5 Å². The second-order valence-corrected chi connectivity index (χ2v) is 6.02. The molecule has 1 unspecified atom stereocenters. The molecule has 1 saturated carbocycles. The van der Waals surface area contributed by atoms with E-state index in [4.69, 9.17) is 16.3 Å². The lowest BCUT2D eigenvalue weighted by Gasteiger charge is -2.23. The molecule has 1 atom stereocenters. The van der Waals surface area contributed by atoms with Gasteiger partial charge in [-0.1, -0.05) is 36.9 Å². The quantitative estimate of drug-likeness (QED) is 0.840. The van der Waals surface area contributed by atoms with Gasteiger partial charge in [-0.3, -0.25) is 0 Å². The lowest BCUT2D eigenvalue weighted by atomic mass is 9.98. The molecule has 0 radical (unpaired) electrons. The third-order valence-electron chi connectivity index (χ3n) is 3.73. The summed E-state index contributed by atoms with van der Waals surface area (Å²) < 4.78 is 5.76. The van der Waals surface area contributed by atoms with E-state index in [0.717, 1.165) is 24.1 Å². The predicted octanol–water partition coefficient (Wildman–Crippen LogP) is 3.77. The number of aliphatic hydroxyl groups excluding tert-OH is 1. The van der Waals surface area contributed by atoms with E-state index >= 15 is 0 Å². The molecule has 2 rings (SSSR count). The average molecular weight is 298 g/mol. The summed E-state index contributed by atoms with van der Waals surface area (Å²) in [4.78, 5) is 0. The molecule has 0 spiro atoms. The maximum atomic E-state index is 9.96. The highest BCUT2D eigenvalue weighted by Gasteiger charge is 2.15. The number of aryl methyl sites for hydroxylation is 1. The van der Waals surface area contributed by atoms with E-state index in [1.54, 1.807) is 0 Å². The molecule has 0 bridgehead atoms. The van der Waals surface area contributed by atoms with Crippen LogP contribution in [0.5, 0.6) is 0 Å².